The summed E-state index contributed by atoms with van der Waals surface area (Å²) in [6, 6.07) is 14.2. The number of hydrogen-bond acceptors (Lipinski definition) is 3. The molecule has 1 aliphatic carbocycles. The molecule has 1 amide bonds. The number of furan rings is 1. The molecule has 2 heterocycles. The van der Waals surface area contributed by atoms with Crippen LogP contribution in [0, 0.1) is 19.8 Å². The highest BCUT2D eigenvalue weighted by Crippen LogP contribution is 2.47. The van der Waals surface area contributed by atoms with Gasteiger partial charge in [0.2, 0.25) is 5.91 Å². The number of aromatic nitrogens is 2. The van der Waals surface area contributed by atoms with Crippen molar-refractivity contribution < 1.29 is 9.21 Å². The number of nitrogens with one attached hydrogen (secondary N) is 1. The standard InChI is InChI=1S/C21H23N3O2/c1-14-12-15(2)24(23-14)17-7-5-16(6-8-17)9-10-22-21(25)19-13-18(19)20-4-3-11-26-20/h3-8,11-12,18-19H,9-10,13H2,1-2H3,(H,22,25)/t18-,19-/m0/s1. The number of hydrogen-bond donors (Lipinski definition) is 1. The molecule has 0 bridgehead atoms. The second-order valence-corrected chi connectivity index (χ2v) is 7.01. The third-order valence-corrected chi connectivity index (χ3v) is 4.94. The lowest BCUT2D eigenvalue weighted by Crippen LogP contribution is -2.27. The minimum atomic E-state index is 0.0644. The molecule has 2 atom stereocenters. The first-order valence-electron chi connectivity index (χ1n) is 9.05. The first kappa shape index (κ1) is 16.6. The van der Waals surface area contributed by atoms with Crippen molar-refractivity contribution in [2.45, 2.75) is 32.6 Å². The van der Waals surface area contributed by atoms with E-state index >= 15 is 0 Å². The number of carbonyl (C=O) groups is 1. The highest BCUT2D eigenvalue weighted by Gasteiger charge is 2.45. The summed E-state index contributed by atoms with van der Waals surface area (Å²) in [5, 5.41) is 7.55. The molecule has 26 heavy (non-hydrogen) atoms. The number of rotatable bonds is 6. The zero-order valence-electron chi connectivity index (χ0n) is 15.1. The zero-order valence-corrected chi connectivity index (χ0v) is 15.1. The topological polar surface area (TPSA) is 60.1 Å². The smallest absolute Gasteiger partial charge is 0.223 e. The molecule has 0 unspecified atom stereocenters. The Morgan fingerprint density at radius 1 is 1.27 bits per heavy atom. The first-order valence-corrected chi connectivity index (χ1v) is 9.05. The molecule has 4 rings (SSSR count). The van der Waals surface area contributed by atoms with Crippen LogP contribution in [0.15, 0.2) is 53.1 Å². The summed E-state index contributed by atoms with van der Waals surface area (Å²) >= 11 is 0. The Morgan fingerprint density at radius 2 is 2.08 bits per heavy atom. The van der Waals surface area contributed by atoms with Crippen molar-refractivity contribution in [2.75, 3.05) is 6.54 Å². The quantitative estimate of drug-likeness (QED) is 0.740. The Labute approximate surface area is 153 Å². The summed E-state index contributed by atoms with van der Waals surface area (Å²) in [6.07, 6.45) is 3.37. The maximum atomic E-state index is 12.2. The minimum absolute atomic E-state index is 0.0644. The second kappa shape index (κ2) is 6.83. The van der Waals surface area contributed by atoms with E-state index in [0.29, 0.717) is 6.54 Å². The van der Waals surface area contributed by atoms with E-state index in [1.807, 2.05) is 23.7 Å². The summed E-state index contributed by atoms with van der Waals surface area (Å²) in [4.78, 5) is 12.2. The molecule has 2 aromatic heterocycles. The Kier molecular flexibility index (Phi) is 4.37. The number of carbonyl (C=O) groups excluding carboxylic acids is 1. The predicted molar refractivity (Wildman–Crippen MR) is 99.3 cm³/mol. The fourth-order valence-electron chi connectivity index (χ4n) is 3.46. The largest absolute Gasteiger partial charge is 0.469 e. The average Bonchev–Trinajstić information content (AvgIpc) is 3.09. The molecule has 1 saturated carbocycles. The summed E-state index contributed by atoms with van der Waals surface area (Å²) in [5.74, 6) is 1.37. The normalized spacial score (nSPS) is 18.7. The van der Waals surface area contributed by atoms with Gasteiger partial charge in [-0.1, -0.05) is 12.1 Å². The van der Waals surface area contributed by atoms with Crippen molar-refractivity contribution in [3.05, 3.63) is 71.4 Å². The molecule has 1 fully saturated rings. The van der Waals surface area contributed by atoms with Crippen LogP contribution in [0.25, 0.3) is 5.69 Å². The molecule has 0 saturated heterocycles. The van der Waals surface area contributed by atoms with Crippen LogP contribution in [0.2, 0.25) is 0 Å². The Balaban J connectivity index is 1.27. The van der Waals surface area contributed by atoms with E-state index in [9.17, 15) is 4.79 Å². The SMILES string of the molecule is Cc1cc(C)n(-c2ccc(CCNC(=O)[C@H]3C[C@@H]3c3ccco3)cc2)n1. The van der Waals surface area contributed by atoms with Crippen LogP contribution in [-0.2, 0) is 11.2 Å². The second-order valence-electron chi connectivity index (χ2n) is 7.01. The summed E-state index contributed by atoms with van der Waals surface area (Å²) in [5.41, 5.74) is 4.40. The Morgan fingerprint density at radius 3 is 2.73 bits per heavy atom. The van der Waals surface area contributed by atoms with E-state index in [-0.39, 0.29) is 17.7 Å². The molecule has 0 radical (unpaired) electrons. The minimum Gasteiger partial charge on any atom is -0.469 e. The molecule has 1 N–H and O–H groups in total. The molecule has 1 aliphatic rings. The lowest BCUT2D eigenvalue weighted by atomic mass is 10.1. The van der Waals surface area contributed by atoms with Crippen molar-refractivity contribution in [1.82, 2.24) is 15.1 Å². The van der Waals surface area contributed by atoms with Gasteiger partial charge in [0.1, 0.15) is 5.76 Å². The van der Waals surface area contributed by atoms with Gasteiger partial charge in [-0.3, -0.25) is 4.79 Å². The van der Waals surface area contributed by atoms with Crippen LogP contribution in [0.1, 0.15) is 35.1 Å². The van der Waals surface area contributed by atoms with E-state index < -0.39 is 0 Å². The van der Waals surface area contributed by atoms with Gasteiger partial charge in [-0.2, -0.15) is 5.10 Å². The van der Waals surface area contributed by atoms with Crippen LogP contribution < -0.4 is 5.32 Å². The maximum absolute atomic E-state index is 12.2. The third-order valence-electron chi connectivity index (χ3n) is 4.94. The highest BCUT2D eigenvalue weighted by molar-refractivity contribution is 5.82. The summed E-state index contributed by atoms with van der Waals surface area (Å²) in [6.45, 7) is 4.70. The molecule has 134 valence electrons. The van der Waals surface area contributed by atoms with Gasteiger partial charge in [0.25, 0.3) is 0 Å². The van der Waals surface area contributed by atoms with Crippen LogP contribution >= 0.6 is 0 Å². The van der Waals surface area contributed by atoms with E-state index in [0.717, 1.165) is 35.7 Å². The number of aryl methyl sites for hydroxylation is 2. The molecule has 0 spiro atoms. The lowest BCUT2D eigenvalue weighted by Gasteiger charge is -2.07. The van der Waals surface area contributed by atoms with Gasteiger partial charge in [-0.05, 0) is 62.6 Å². The van der Waals surface area contributed by atoms with Gasteiger partial charge >= 0.3 is 0 Å². The van der Waals surface area contributed by atoms with E-state index in [1.54, 1.807) is 6.26 Å². The van der Waals surface area contributed by atoms with Crippen molar-refractivity contribution in [3.8, 4) is 5.69 Å². The highest BCUT2D eigenvalue weighted by atomic mass is 16.3. The molecule has 0 aliphatic heterocycles. The molecule has 1 aromatic carbocycles. The van der Waals surface area contributed by atoms with Crippen molar-refractivity contribution >= 4 is 5.91 Å². The lowest BCUT2D eigenvalue weighted by molar-refractivity contribution is -0.122. The van der Waals surface area contributed by atoms with Crippen molar-refractivity contribution in [2.24, 2.45) is 5.92 Å². The summed E-state index contributed by atoms with van der Waals surface area (Å²) < 4.78 is 7.33. The zero-order chi connectivity index (χ0) is 18.1. The first-order chi connectivity index (χ1) is 12.6. The van der Waals surface area contributed by atoms with Crippen LogP contribution in [0.3, 0.4) is 0 Å². The van der Waals surface area contributed by atoms with Crippen LogP contribution in [0.4, 0.5) is 0 Å². The van der Waals surface area contributed by atoms with Gasteiger partial charge in [-0.15, -0.1) is 0 Å². The van der Waals surface area contributed by atoms with Gasteiger partial charge < -0.3 is 9.73 Å². The Bertz CT molecular complexity index is 894. The van der Waals surface area contributed by atoms with Crippen molar-refractivity contribution in [1.29, 1.82) is 0 Å². The molecular formula is C21H23N3O2. The Hall–Kier alpha value is -2.82. The van der Waals surface area contributed by atoms with Gasteiger partial charge in [0, 0.05) is 24.1 Å². The van der Waals surface area contributed by atoms with Crippen LogP contribution in [0.5, 0.6) is 0 Å². The fraction of sp³-hybridized carbons (Fsp3) is 0.333. The molecule has 3 aromatic rings. The van der Waals surface area contributed by atoms with Gasteiger partial charge in [-0.25, -0.2) is 4.68 Å². The van der Waals surface area contributed by atoms with Crippen molar-refractivity contribution in [3.63, 3.8) is 0 Å². The van der Waals surface area contributed by atoms with Crippen LogP contribution in [-0.4, -0.2) is 22.2 Å². The summed E-state index contributed by atoms with van der Waals surface area (Å²) in [7, 11) is 0. The van der Waals surface area contributed by atoms with Gasteiger partial charge in [0.05, 0.1) is 17.6 Å². The van der Waals surface area contributed by atoms with E-state index in [2.05, 4.69) is 47.7 Å². The van der Waals surface area contributed by atoms with E-state index in [1.165, 1.54) is 5.56 Å². The number of amides is 1. The van der Waals surface area contributed by atoms with E-state index in [4.69, 9.17) is 4.42 Å². The average molecular weight is 349 g/mol. The number of nitrogens with zero attached hydrogens (tertiary/aromatic N) is 2. The van der Waals surface area contributed by atoms with Gasteiger partial charge in [0.15, 0.2) is 0 Å². The monoisotopic (exact) mass is 349 g/mol. The maximum Gasteiger partial charge on any atom is 0.223 e. The number of benzene rings is 1. The molecule has 5 nitrogen and oxygen atoms in total. The fourth-order valence-corrected chi connectivity index (χ4v) is 3.46. The third kappa shape index (κ3) is 3.43. The molecular weight excluding hydrogens is 326 g/mol. The predicted octanol–water partition coefficient (Wildman–Crippen LogP) is 3.54. The molecule has 5 heteroatoms.